The molecule has 0 aromatic heterocycles. The summed E-state index contributed by atoms with van der Waals surface area (Å²) in [6.07, 6.45) is -4.86. The summed E-state index contributed by atoms with van der Waals surface area (Å²) in [6.45, 7) is 0. The number of carbonyl (C=O) groups excluding carboxylic acids is 1. The van der Waals surface area contributed by atoms with E-state index in [0.29, 0.717) is 6.07 Å². The van der Waals surface area contributed by atoms with Crippen LogP contribution in [0.15, 0.2) is 34.8 Å². The standard InChI is InChI=1S/C14H5BrClF4NO4/c15-7-4-6(14(18,19)20)5-10(21(23)24)12(7)25-13(22)11-8(16)2-1-3-9(11)17/h1-5H. The highest BCUT2D eigenvalue weighted by Gasteiger charge is 2.35. The smallest absolute Gasteiger partial charge is 0.414 e. The summed E-state index contributed by atoms with van der Waals surface area (Å²) in [5, 5.41) is 10.7. The van der Waals surface area contributed by atoms with Gasteiger partial charge in [-0.2, -0.15) is 13.2 Å². The molecule has 2 aromatic rings. The van der Waals surface area contributed by atoms with Crippen molar-refractivity contribution >= 4 is 39.2 Å². The van der Waals surface area contributed by atoms with Crippen LogP contribution in [0.1, 0.15) is 15.9 Å². The first-order chi connectivity index (χ1) is 11.5. The zero-order chi connectivity index (χ0) is 18.9. The van der Waals surface area contributed by atoms with E-state index in [4.69, 9.17) is 16.3 Å². The highest BCUT2D eigenvalue weighted by molar-refractivity contribution is 9.10. The van der Waals surface area contributed by atoms with Gasteiger partial charge in [0, 0.05) is 6.07 Å². The van der Waals surface area contributed by atoms with Gasteiger partial charge in [0.25, 0.3) is 0 Å². The third-order valence-electron chi connectivity index (χ3n) is 2.91. The molecule has 0 N–H and O–H groups in total. The van der Waals surface area contributed by atoms with Crippen molar-refractivity contribution in [3.63, 3.8) is 0 Å². The summed E-state index contributed by atoms with van der Waals surface area (Å²) >= 11 is 8.37. The number of halogens is 6. The van der Waals surface area contributed by atoms with Gasteiger partial charge in [0.05, 0.1) is 20.0 Å². The Morgan fingerprint density at radius 1 is 1.28 bits per heavy atom. The lowest BCUT2D eigenvalue weighted by Gasteiger charge is -2.12. The van der Waals surface area contributed by atoms with Crippen LogP contribution in [0.2, 0.25) is 5.02 Å². The number of nitro groups is 1. The third kappa shape index (κ3) is 4.07. The molecule has 2 rings (SSSR count). The van der Waals surface area contributed by atoms with E-state index in [1.165, 1.54) is 12.1 Å². The van der Waals surface area contributed by atoms with E-state index in [1.807, 2.05) is 0 Å². The van der Waals surface area contributed by atoms with E-state index < -0.39 is 49.9 Å². The summed E-state index contributed by atoms with van der Waals surface area (Å²) < 4.78 is 56.2. The van der Waals surface area contributed by atoms with Crippen LogP contribution in [0.3, 0.4) is 0 Å². The lowest BCUT2D eigenvalue weighted by molar-refractivity contribution is -0.385. The molecule has 5 nitrogen and oxygen atoms in total. The number of benzene rings is 2. The second-order valence-electron chi connectivity index (χ2n) is 4.55. The van der Waals surface area contributed by atoms with Crippen molar-refractivity contribution < 1.29 is 32.0 Å². The number of ether oxygens (including phenoxy) is 1. The van der Waals surface area contributed by atoms with E-state index in [0.717, 1.165) is 6.07 Å². The van der Waals surface area contributed by atoms with Crippen LogP contribution in [-0.2, 0) is 6.18 Å². The molecule has 0 amide bonds. The van der Waals surface area contributed by atoms with Gasteiger partial charge in [-0.3, -0.25) is 10.1 Å². The molecule has 0 unspecified atom stereocenters. The number of nitrogens with zero attached hydrogens (tertiary/aromatic N) is 1. The highest BCUT2D eigenvalue weighted by Crippen LogP contribution is 2.42. The molecule has 0 bridgehead atoms. The Morgan fingerprint density at radius 2 is 1.92 bits per heavy atom. The zero-order valence-corrected chi connectivity index (χ0v) is 14.1. The Balaban J connectivity index is 2.53. The monoisotopic (exact) mass is 441 g/mol. The van der Waals surface area contributed by atoms with Crippen LogP contribution in [0.25, 0.3) is 0 Å². The van der Waals surface area contributed by atoms with Crippen molar-refractivity contribution in [3.05, 3.63) is 66.9 Å². The fourth-order valence-electron chi connectivity index (χ4n) is 1.82. The molecule has 0 spiro atoms. The SMILES string of the molecule is O=C(Oc1c(Br)cc(C(F)(F)F)cc1[N+](=O)[O-])c1c(F)cccc1Cl. The average molecular weight is 443 g/mol. The minimum atomic E-state index is -4.86. The molecule has 0 saturated heterocycles. The first-order valence-corrected chi connectivity index (χ1v) is 7.40. The molecule has 0 aliphatic rings. The Bertz CT molecular complexity index is 852. The van der Waals surface area contributed by atoms with Crippen LogP contribution in [0.5, 0.6) is 5.75 Å². The number of carbonyl (C=O) groups is 1. The predicted molar refractivity (Wildman–Crippen MR) is 82.2 cm³/mol. The average Bonchev–Trinajstić information content (AvgIpc) is 2.47. The Kier molecular flexibility index (Phi) is 5.33. The van der Waals surface area contributed by atoms with E-state index in [-0.39, 0.29) is 11.1 Å². The molecular formula is C14H5BrClF4NO4. The Morgan fingerprint density at radius 3 is 2.44 bits per heavy atom. The number of esters is 1. The maximum absolute atomic E-state index is 13.7. The number of hydrogen-bond acceptors (Lipinski definition) is 4. The maximum atomic E-state index is 13.7. The van der Waals surface area contributed by atoms with Gasteiger partial charge in [-0.05, 0) is 34.1 Å². The molecule has 0 saturated carbocycles. The van der Waals surface area contributed by atoms with Gasteiger partial charge in [-0.1, -0.05) is 17.7 Å². The number of nitro benzene ring substituents is 1. The van der Waals surface area contributed by atoms with Crippen molar-refractivity contribution in [1.29, 1.82) is 0 Å². The summed E-state index contributed by atoms with van der Waals surface area (Å²) in [5.41, 5.74) is -3.15. The zero-order valence-electron chi connectivity index (χ0n) is 11.7. The van der Waals surface area contributed by atoms with E-state index in [1.54, 1.807) is 0 Å². The molecule has 0 heterocycles. The van der Waals surface area contributed by atoms with Gasteiger partial charge in [0.15, 0.2) is 0 Å². The molecule has 11 heteroatoms. The fourth-order valence-corrected chi connectivity index (χ4v) is 2.59. The normalized spacial score (nSPS) is 11.3. The summed E-state index contributed by atoms with van der Waals surface area (Å²) in [6, 6.07) is 4.00. The third-order valence-corrected chi connectivity index (χ3v) is 3.81. The van der Waals surface area contributed by atoms with E-state index in [9.17, 15) is 32.5 Å². The first-order valence-electron chi connectivity index (χ1n) is 6.23. The van der Waals surface area contributed by atoms with Crippen molar-refractivity contribution in [1.82, 2.24) is 0 Å². The summed E-state index contributed by atoms with van der Waals surface area (Å²) in [4.78, 5) is 21.9. The highest BCUT2D eigenvalue weighted by atomic mass is 79.9. The van der Waals surface area contributed by atoms with Crippen LogP contribution in [0.4, 0.5) is 23.2 Å². The topological polar surface area (TPSA) is 69.4 Å². The molecule has 2 aromatic carbocycles. The summed E-state index contributed by atoms with van der Waals surface area (Å²) in [7, 11) is 0. The van der Waals surface area contributed by atoms with Crippen molar-refractivity contribution in [2.45, 2.75) is 6.18 Å². The van der Waals surface area contributed by atoms with Crippen molar-refractivity contribution in [2.24, 2.45) is 0 Å². The fraction of sp³-hybridized carbons (Fsp3) is 0.0714. The minimum Gasteiger partial charge on any atom is -0.414 e. The van der Waals surface area contributed by atoms with Gasteiger partial charge in [0.1, 0.15) is 11.4 Å². The molecule has 0 radical (unpaired) electrons. The minimum absolute atomic E-state index is 0.205. The molecule has 25 heavy (non-hydrogen) atoms. The Labute approximate surface area is 150 Å². The molecule has 0 aliphatic heterocycles. The lowest BCUT2D eigenvalue weighted by atomic mass is 10.1. The second kappa shape index (κ2) is 6.96. The number of rotatable bonds is 3. The van der Waals surface area contributed by atoms with Crippen LogP contribution in [-0.4, -0.2) is 10.9 Å². The Hall–Kier alpha value is -2.20. The molecule has 0 fully saturated rings. The molecule has 0 atom stereocenters. The van der Waals surface area contributed by atoms with Crippen LogP contribution in [0, 0.1) is 15.9 Å². The maximum Gasteiger partial charge on any atom is 0.416 e. The molecule has 0 aliphatic carbocycles. The van der Waals surface area contributed by atoms with Gasteiger partial charge in [-0.15, -0.1) is 0 Å². The van der Waals surface area contributed by atoms with Gasteiger partial charge < -0.3 is 4.74 Å². The second-order valence-corrected chi connectivity index (χ2v) is 5.81. The van der Waals surface area contributed by atoms with Crippen molar-refractivity contribution in [2.75, 3.05) is 0 Å². The molecule has 132 valence electrons. The van der Waals surface area contributed by atoms with Crippen LogP contribution < -0.4 is 4.74 Å². The number of alkyl halides is 3. The van der Waals surface area contributed by atoms with Gasteiger partial charge in [0.2, 0.25) is 5.75 Å². The van der Waals surface area contributed by atoms with Gasteiger partial charge >= 0.3 is 17.8 Å². The van der Waals surface area contributed by atoms with E-state index in [2.05, 4.69) is 15.9 Å². The lowest BCUT2D eigenvalue weighted by Crippen LogP contribution is -2.14. The quantitative estimate of drug-likeness (QED) is 0.210. The predicted octanol–water partition coefficient (Wildman–Crippen LogP) is 5.39. The van der Waals surface area contributed by atoms with Crippen molar-refractivity contribution in [3.8, 4) is 5.75 Å². The van der Waals surface area contributed by atoms with Gasteiger partial charge in [-0.25, -0.2) is 9.18 Å². The van der Waals surface area contributed by atoms with Crippen LogP contribution >= 0.6 is 27.5 Å². The first kappa shape index (κ1) is 19.1. The number of hydrogen-bond donors (Lipinski definition) is 0. The molecular weight excluding hydrogens is 438 g/mol. The summed E-state index contributed by atoms with van der Waals surface area (Å²) in [5.74, 6) is -3.25. The largest absolute Gasteiger partial charge is 0.416 e. The van der Waals surface area contributed by atoms with E-state index >= 15 is 0 Å².